The summed E-state index contributed by atoms with van der Waals surface area (Å²) >= 11 is 0. The Kier molecular flexibility index (Phi) is 6.44. The summed E-state index contributed by atoms with van der Waals surface area (Å²) in [5.41, 5.74) is -1.24. The first-order valence-corrected chi connectivity index (χ1v) is 9.72. The Balaban J connectivity index is 1.81. The number of ether oxygens (including phenoxy) is 1. The molecule has 0 saturated heterocycles. The van der Waals surface area contributed by atoms with Crippen molar-refractivity contribution < 1.29 is 31.1 Å². The minimum absolute atomic E-state index is 0.0898. The van der Waals surface area contributed by atoms with Crippen LogP contribution in [0.15, 0.2) is 30.3 Å². The van der Waals surface area contributed by atoms with Crippen LogP contribution in [-0.4, -0.2) is 0 Å². The van der Waals surface area contributed by atoms with Gasteiger partial charge in [-0.25, -0.2) is 17.6 Å². The Bertz CT molecular complexity index is 815. The van der Waals surface area contributed by atoms with Crippen LogP contribution in [0.2, 0.25) is 0 Å². The molecule has 2 aromatic rings. The van der Waals surface area contributed by atoms with E-state index in [2.05, 4.69) is 11.7 Å². The molecule has 1 nitrogen and oxygen atoms in total. The molecule has 3 rings (SSSR count). The van der Waals surface area contributed by atoms with E-state index in [-0.39, 0.29) is 5.92 Å². The molecular weight excluding hydrogens is 394 g/mol. The average Bonchev–Trinajstić information content (AvgIpc) is 2.60. The van der Waals surface area contributed by atoms with E-state index in [0.717, 1.165) is 50.7 Å². The Hall–Kier alpha value is -2.18. The normalized spacial score (nSPS) is 20.0. The fraction of sp³-hybridized carbons (Fsp3) is 0.455. The van der Waals surface area contributed by atoms with Crippen molar-refractivity contribution >= 4 is 0 Å². The number of rotatable bonds is 6. The lowest BCUT2D eigenvalue weighted by molar-refractivity contribution is -0.189. The van der Waals surface area contributed by atoms with Gasteiger partial charge in [-0.05, 0) is 55.2 Å². The number of halogens is 6. The number of hydrogen-bond acceptors (Lipinski definition) is 1. The van der Waals surface area contributed by atoms with Gasteiger partial charge in [-0.1, -0.05) is 19.8 Å². The van der Waals surface area contributed by atoms with E-state index in [1.165, 1.54) is 0 Å². The first-order valence-electron chi connectivity index (χ1n) is 9.72. The molecule has 0 spiro atoms. The highest BCUT2D eigenvalue weighted by molar-refractivity contribution is 5.32. The lowest BCUT2D eigenvalue weighted by Crippen LogP contribution is -2.26. The highest BCUT2D eigenvalue weighted by atomic mass is 19.3. The summed E-state index contributed by atoms with van der Waals surface area (Å²) in [6, 6.07) is 3.31. The average molecular weight is 416 g/mol. The summed E-state index contributed by atoms with van der Waals surface area (Å²) in [5, 5.41) is 0. The van der Waals surface area contributed by atoms with Crippen LogP contribution in [0.5, 0.6) is 5.75 Å². The molecular formula is C22H22F6O. The summed E-state index contributed by atoms with van der Waals surface area (Å²) in [5.74, 6) is -5.56. The van der Waals surface area contributed by atoms with Crippen molar-refractivity contribution in [3.05, 3.63) is 64.7 Å². The van der Waals surface area contributed by atoms with Gasteiger partial charge < -0.3 is 4.74 Å². The molecule has 0 heterocycles. The topological polar surface area (TPSA) is 9.23 Å². The first kappa shape index (κ1) is 21.5. The van der Waals surface area contributed by atoms with E-state index < -0.39 is 40.7 Å². The first-order chi connectivity index (χ1) is 13.7. The zero-order chi connectivity index (χ0) is 21.2. The molecule has 158 valence electrons. The molecule has 29 heavy (non-hydrogen) atoms. The maximum absolute atomic E-state index is 14.5. The second-order valence-electron chi connectivity index (χ2n) is 7.59. The molecule has 1 saturated carbocycles. The summed E-state index contributed by atoms with van der Waals surface area (Å²) in [4.78, 5) is 0. The van der Waals surface area contributed by atoms with E-state index in [1.54, 1.807) is 0 Å². The number of benzene rings is 2. The minimum Gasteiger partial charge on any atom is -0.429 e. The molecule has 1 aliphatic carbocycles. The van der Waals surface area contributed by atoms with Crippen LogP contribution in [0.4, 0.5) is 26.3 Å². The predicted molar refractivity (Wildman–Crippen MR) is 96.8 cm³/mol. The second-order valence-corrected chi connectivity index (χ2v) is 7.59. The van der Waals surface area contributed by atoms with Gasteiger partial charge in [-0.2, -0.15) is 8.78 Å². The Morgan fingerprint density at radius 3 is 1.93 bits per heavy atom. The van der Waals surface area contributed by atoms with Crippen LogP contribution in [0.25, 0.3) is 0 Å². The van der Waals surface area contributed by atoms with Gasteiger partial charge >= 0.3 is 6.11 Å². The maximum atomic E-state index is 14.5. The number of hydrogen-bond donors (Lipinski definition) is 0. The molecule has 0 aromatic heterocycles. The van der Waals surface area contributed by atoms with Crippen molar-refractivity contribution in [1.82, 2.24) is 0 Å². The van der Waals surface area contributed by atoms with Gasteiger partial charge in [0.05, 0.1) is 0 Å². The van der Waals surface area contributed by atoms with E-state index in [1.807, 2.05) is 0 Å². The standard InChI is InChI=1S/C22H22F6O/c1-2-3-13-4-6-14(7-5-13)15-8-19(25)21(20(26)9-15)22(27,28)29-18-11-16(23)10-17(24)12-18/h8-14H,2-7H2,1H3/t13-,14-. The molecule has 0 bridgehead atoms. The largest absolute Gasteiger partial charge is 0.432 e. The quantitative estimate of drug-likeness (QED) is 0.445. The van der Waals surface area contributed by atoms with Gasteiger partial charge in [0, 0.05) is 18.2 Å². The number of alkyl halides is 2. The Morgan fingerprint density at radius 2 is 1.41 bits per heavy atom. The van der Waals surface area contributed by atoms with Crippen molar-refractivity contribution in [2.45, 2.75) is 57.5 Å². The van der Waals surface area contributed by atoms with Crippen LogP contribution >= 0.6 is 0 Å². The molecule has 0 aliphatic heterocycles. The lowest BCUT2D eigenvalue weighted by Gasteiger charge is -2.29. The predicted octanol–water partition coefficient (Wildman–Crippen LogP) is 7.45. The third-order valence-electron chi connectivity index (χ3n) is 5.45. The third kappa shape index (κ3) is 5.06. The van der Waals surface area contributed by atoms with Gasteiger partial charge in [0.25, 0.3) is 0 Å². The fourth-order valence-corrected chi connectivity index (χ4v) is 4.09. The Morgan fingerprint density at radius 1 is 0.862 bits per heavy atom. The van der Waals surface area contributed by atoms with E-state index in [4.69, 9.17) is 0 Å². The molecule has 7 heteroatoms. The van der Waals surface area contributed by atoms with Crippen molar-refractivity contribution in [3.8, 4) is 5.75 Å². The fourth-order valence-electron chi connectivity index (χ4n) is 4.09. The summed E-state index contributed by atoms with van der Waals surface area (Å²) in [7, 11) is 0. The summed E-state index contributed by atoms with van der Waals surface area (Å²) in [6.07, 6.45) is 1.13. The molecule has 0 N–H and O–H groups in total. The molecule has 0 atom stereocenters. The van der Waals surface area contributed by atoms with E-state index in [0.29, 0.717) is 29.7 Å². The van der Waals surface area contributed by atoms with Gasteiger partial charge in [0.2, 0.25) is 0 Å². The van der Waals surface area contributed by atoms with Gasteiger partial charge in [-0.15, -0.1) is 0 Å². The summed E-state index contributed by atoms with van der Waals surface area (Å²) < 4.78 is 88.3. The molecule has 1 aliphatic rings. The second kappa shape index (κ2) is 8.67. The zero-order valence-electron chi connectivity index (χ0n) is 16.0. The molecule has 0 radical (unpaired) electrons. The monoisotopic (exact) mass is 416 g/mol. The highest BCUT2D eigenvalue weighted by Crippen LogP contribution is 2.41. The highest BCUT2D eigenvalue weighted by Gasteiger charge is 2.41. The maximum Gasteiger partial charge on any atom is 0.432 e. The molecule has 0 amide bonds. The van der Waals surface area contributed by atoms with Gasteiger partial charge in [0.1, 0.15) is 34.6 Å². The minimum atomic E-state index is -4.44. The lowest BCUT2D eigenvalue weighted by atomic mass is 9.77. The van der Waals surface area contributed by atoms with Crippen LogP contribution in [0, 0.1) is 29.2 Å². The summed E-state index contributed by atoms with van der Waals surface area (Å²) in [6.45, 7) is 2.11. The van der Waals surface area contributed by atoms with Gasteiger partial charge in [-0.3, -0.25) is 0 Å². The SMILES string of the molecule is CCC[C@H]1CC[C@H](c2cc(F)c(C(F)(F)Oc3cc(F)cc(F)c3)c(F)c2)CC1. The zero-order valence-corrected chi connectivity index (χ0v) is 16.0. The van der Waals surface area contributed by atoms with Crippen LogP contribution in [0.1, 0.15) is 62.5 Å². The Labute approximate surface area is 165 Å². The molecule has 0 unspecified atom stereocenters. The van der Waals surface area contributed by atoms with Crippen molar-refractivity contribution in [3.63, 3.8) is 0 Å². The van der Waals surface area contributed by atoms with Crippen LogP contribution < -0.4 is 4.74 Å². The third-order valence-corrected chi connectivity index (χ3v) is 5.45. The van der Waals surface area contributed by atoms with E-state index in [9.17, 15) is 26.3 Å². The van der Waals surface area contributed by atoms with E-state index >= 15 is 0 Å². The van der Waals surface area contributed by atoms with Crippen molar-refractivity contribution in [2.75, 3.05) is 0 Å². The smallest absolute Gasteiger partial charge is 0.429 e. The van der Waals surface area contributed by atoms with Crippen LogP contribution in [-0.2, 0) is 6.11 Å². The molecule has 1 fully saturated rings. The van der Waals surface area contributed by atoms with Crippen LogP contribution in [0.3, 0.4) is 0 Å². The van der Waals surface area contributed by atoms with Crippen molar-refractivity contribution in [2.24, 2.45) is 5.92 Å². The molecule has 2 aromatic carbocycles. The van der Waals surface area contributed by atoms with Gasteiger partial charge in [0.15, 0.2) is 0 Å². The van der Waals surface area contributed by atoms with Crippen molar-refractivity contribution in [1.29, 1.82) is 0 Å².